The first-order valence-electron chi connectivity index (χ1n) is 6.67. The van der Waals surface area contributed by atoms with Gasteiger partial charge in [0.15, 0.2) is 0 Å². The molecule has 0 amide bonds. The van der Waals surface area contributed by atoms with E-state index in [2.05, 4.69) is 36.1 Å². The summed E-state index contributed by atoms with van der Waals surface area (Å²) in [7, 11) is 0. The monoisotopic (exact) mass is 231 g/mol. The van der Waals surface area contributed by atoms with Crippen LogP contribution in [-0.4, -0.2) is 30.2 Å². The molecule has 1 aromatic rings. The number of ether oxygens (including phenoxy) is 1. The van der Waals surface area contributed by atoms with Crippen LogP contribution in [0.5, 0.6) is 0 Å². The molecule has 3 rings (SSSR count). The molecule has 2 aliphatic heterocycles. The van der Waals surface area contributed by atoms with Crippen LogP contribution in [-0.2, 0) is 17.7 Å². The van der Waals surface area contributed by atoms with Gasteiger partial charge in [0, 0.05) is 31.8 Å². The van der Waals surface area contributed by atoms with Crippen LogP contribution < -0.4 is 0 Å². The fourth-order valence-corrected chi connectivity index (χ4v) is 3.08. The normalized spacial score (nSPS) is 24.3. The lowest BCUT2D eigenvalue weighted by Crippen LogP contribution is -2.51. The van der Waals surface area contributed by atoms with E-state index in [1.54, 1.807) is 5.56 Å². The van der Waals surface area contributed by atoms with Crippen molar-refractivity contribution in [3.8, 4) is 0 Å². The van der Waals surface area contributed by atoms with Crippen LogP contribution in [0.2, 0.25) is 0 Å². The number of hydrogen-bond acceptors (Lipinski definition) is 2. The number of rotatable bonds is 1. The van der Waals surface area contributed by atoms with Gasteiger partial charge < -0.3 is 4.74 Å². The smallest absolute Gasteiger partial charge is 0.0483 e. The fourth-order valence-electron chi connectivity index (χ4n) is 3.08. The number of benzene rings is 1. The zero-order valence-electron chi connectivity index (χ0n) is 10.6. The lowest BCUT2D eigenvalue weighted by molar-refractivity contribution is -0.0252. The molecule has 0 saturated carbocycles. The second-order valence-corrected chi connectivity index (χ2v) is 5.55. The maximum Gasteiger partial charge on any atom is 0.0483 e. The Morgan fingerprint density at radius 2 is 1.82 bits per heavy atom. The molecule has 17 heavy (non-hydrogen) atoms. The van der Waals surface area contributed by atoms with E-state index in [0.29, 0.717) is 5.54 Å². The highest BCUT2D eigenvalue weighted by Gasteiger charge is 2.35. The Kier molecular flexibility index (Phi) is 2.93. The Balaban J connectivity index is 1.79. The van der Waals surface area contributed by atoms with E-state index in [-0.39, 0.29) is 0 Å². The van der Waals surface area contributed by atoms with Gasteiger partial charge in [0.25, 0.3) is 0 Å². The Hall–Kier alpha value is -0.860. The van der Waals surface area contributed by atoms with E-state index in [1.165, 1.54) is 31.4 Å². The van der Waals surface area contributed by atoms with Crippen molar-refractivity contribution in [3.63, 3.8) is 0 Å². The van der Waals surface area contributed by atoms with E-state index >= 15 is 0 Å². The SMILES string of the molecule is CC1(N2CCc3ccccc3C2)CCOCC1. The molecular formula is C15H21NO. The number of hydrogen-bond donors (Lipinski definition) is 0. The maximum absolute atomic E-state index is 5.50. The molecule has 1 aromatic carbocycles. The predicted octanol–water partition coefficient (Wildman–Crippen LogP) is 2.61. The molecule has 0 N–H and O–H groups in total. The van der Waals surface area contributed by atoms with E-state index < -0.39 is 0 Å². The average molecular weight is 231 g/mol. The van der Waals surface area contributed by atoms with Crippen molar-refractivity contribution in [1.82, 2.24) is 4.90 Å². The molecule has 0 atom stereocenters. The Morgan fingerprint density at radius 3 is 2.59 bits per heavy atom. The summed E-state index contributed by atoms with van der Waals surface area (Å²) in [6.45, 7) is 6.58. The average Bonchev–Trinajstić information content (AvgIpc) is 2.39. The number of fused-ring (bicyclic) bond motifs is 1. The van der Waals surface area contributed by atoms with E-state index in [4.69, 9.17) is 4.74 Å². The first-order chi connectivity index (χ1) is 8.28. The van der Waals surface area contributed by atoms with Crippen LogP contribution in [0.25, 0.3) is 0 Å². The van der Waals surface area contributed by atoms with Crippen LogP contribution in [0.1, 0.15) is 30.9 Å². The summed E-state index contributed by atoms with van der Waals surface area (Å²) in [5.74, 6) is 0. The van der Waals surface area contributed by atoms with Crippen LogP contribution in [0.15, 0.2) is 24.3 Å². The predicted molar refractivity (Wildman–Crippen MR) is 69.0 cm³/mol. The highest BCUT2D eigenvalue weighted by molar-refractivity contribution is 5.29. The minimum absolute atomic E-state index is 0.353. The van der Waals surface area contributed by atoms with Gasteiger partial charge in [0.2, 0.25) is 0 Å². The summed E-state index contributed by atoms with van der Waals surface area (Å²) < 4.78 is 5.50. The first-order valence-corrected chi connectivity index (χ1v) is 6.67. The Labute approximate surface area is 104 Å². The first kappa shape index (κ1) is 11.2. The second kappa shape index (κ2) is 4.43. The minimum Gasteiger partial charge on any atom is -0.381 e. The molecule has 2 aliphatic rings. The molecule has 0 bridgehead atoms. The third-order valence-electron chi connectivity index (χ3n) is 4.46. The van der Waals surface area contributed by atoms with Crippen molar-refractivity contribution in [3.05, 3.63) is 35.4 Å². The van der Waals surface area contributed by atoms with Crippen molar-refractivity contribution in [2.24, 2.45) is 0 Å². The lowest BCUT2D eigenvalue weighted by atomic mass is 9.87. The van der Waals surface area contributed by atoms with Gasteiger partial charge in [-0.25, -0.2) is 0 Å². The minimum atomic E-state index is 0.353. The second-order valence-electron chi connectivity index (χ2n) is 5.55. The Bertz CT molecular complexity index is 396. The third-order valence-corrected chi connectivity index (χ3v) is 4.46. The van der Waals surface area contributed by atoms with Crippen molar-refractivity contribution < 1.29 is 4.74 Å². The van der Waals surface area contributed by atoms with E-state index in [9.17, 15) is 0 Å². The molecule has 92 valence electrons. The highest BCUT2D eigenvalue weighted by atomic mass is 16.5. The molecule has 0 aliphatic carbocycles. The van der Waals surface area contributed by atoms with Gasteiger partial charge in [-0.2, -0.15) is 0 Å². The topological polar surface area (TPSA) is 12.5 Å². The molecule has 2 heteroatoms. The van der Waals surface area contributed by atoms with E-state index in [1.807, 2.05) is 0 Å². The zero-order chi connectivity index (χ0) is 11.7. The molecule has 0 unspecified atom stereocenters. The lowest BCUT2D eigenvalue weighted by Gasteiger charge is -2.46. The van der Waals surface area contributed by atoms with Crippen LogP contribution >= 0.6 is 0 Å². The highest BCUT2D eigenvalue weighted by Crippen LogP contribution is 2.32. The molecule has 0 aromatic heterocycles. The van der Waals surface area contributed by atoms with Gasteiger partial charge in [-0.15, -0.1) is 0 Å². The summed E-state index contributed by atoms with van der Waals surface area (Å²) in [5.41, 5.74) is 3.41. The largest absolute Gasteiger partial charge is 0.381 e. The maximum atomic E-state index is 5.50. The van der Waals surface area contributed by atoms with E-state index in [0.717, 1.165) is 19.8 Å². The number of nitrogens with zero attached hydrogens (tertiary/aromatic N) is 1. The molecule has 1 saturated heterocycles. The summed E-state index contributed by atoms with van der Waals surface area (Å²) >= 11 is 0. The van der Waals surface area contributed by atoms with Gasteiger partial charge in [-0.1, -0.05) is 24.3 Å². The van der Waals surface area contributed by atoms with Crippen LogP contribution in [0.4, 0.5) is 0 Å². The Morgan fingerprint density at radius 1 is 1.12 bits per heavy atom. The van der Waals surface area contributed by atoms with Gasteiger partial charge in [-0.05, 0) is 37.3 Å². The molecule has 2 nitrogen and oxygen atoms in total. The summed E-state index contributed by atoms with van der Waals surface area (Å²) in [4.78, 5) is 2.66. The fraction of sp³-hybridized carbons (Fsp3) is 0.600. The standard InChI is InChI=1S/C15H21NO/c1-15(7-10-17-11-8-15)16-9-6-13-4-2-3-5-14(13)12-16/h2-5H,6-12H2,1H3. The summed E-state index contributed by atoms with van der Waals surface area (Å²) in [6, 6.07) is 8.88. The van der Waals surface area contributed by atoms with Gasteiger partial charge >= 0.3 is 0 Å². The van der Waals surface area contributed by atoms with Gasteiger partial charge in [0.1, 0.15) is 0 Å². The zero-order valence-corrected chi connectivity index (χ0v) is 10.6. The van der Waals surface area contributed by atoms with Crippen molar-refractivity contribution in [2.75, 3.05) is 19.8 Å². The third kappa shape index (κ3) is 2.12. The molecule has 0 radical (unpaired) electrons. The van der Waals surface area contributed by atoms with Crippen LogP contribution in [0, 0.1) is 0 Å². The molecular weight excluding hydrogens is 210 g/mol. The summed E-state index contributed by atoms with van der Waals surface area (Å²) in [6.07, 6.45) is 3.55. The molecule has 0 spiro atoms. The molecule has 2 heterocycles. The van der Waals surface area contributed by atoms with Gasteiger partial charge in [-0.3, -0.25) is 4.90 Å². The quantitative estimate of drug-likeness (QED) is 0.736. The van der Waals surface area contributed by atoms with Crippen molar-refractivity contribution >= 4 is 0 Å². The van der Waals surface area contributed by atoms with Crippen molar-refractivity contribution in [2.45, 2.75) is 38.3 Å². The summed E-state index contributed by atoms with van der Waals surface area (Å²) in [5, 5.41) is 0. The van der Waals surface area contributed by atoms with Gasteiger partial charge in [0.05, 0.1) is 0 Å². The van der Waals surface area contributed by atoms with Crippen molar-refractivity contribution in [1.29, 1.82) is 0 Å². The van der Waals surface area contributed by atoms with Crippen LogP contribution in [0.3, 0.4) is 0 Å². The molecule has 1 fully saturated rings.